The summed E-state index contributed by atoms with van der Waals surface area (Å²) in [7, 11) is 0. The van der Waals surface area contributed by atoms with Crippen LogP contribution in [0.4, 0.5) is 14.5 Å². The van der Waals surface area contributed by atoms with E-state index in [0.717, 1.165) is 23.5 Å². The quantitative estimate of drug-likeness (QED) is 0.837. The minimum absolute atomic E-state index is 0.0805. The van der Waals surface area contributed by atoms with E-state index in [-0.39, 0.29) is 10.6 Å². The predicted octanol–water partition coefficient (Wildman–Crippen LogP) is 4.36. The van der Waals surface area contributed by atoms with Crippen LogP contribution in [0.5, 0.6) is 0 Å². The van der Waals surface area contributed by atoms with Gasteiger partial charge in [-0.2, -0.15) is 5.26 Å². The molecule has 0 saturated heterocycles. The molecule has 6 heteroatoms. The average molecular weight is 299 g/mol. The number of nitrogen functional groups attached to an aromatic ring is 1. The van der Waals surface area contributed by atoms with Gasteiger partial charge in [0, 0.05) is 10.4 Å². The molecule has 0 aliphatic carbocycles. The van der Waals surface area contributed by atoms with E-state index in [1.54, 1.807) is 0 Å². The Labute approximate surface area is 118 Å². The van der Waals surface area contributed by atoms with Crippen LogP contribution in [0.3, 0.4) is 0 Å². The van der Waals surface area contributed by atoms with Crippen LogP contribution in [0.1, 0.15) is 17.4 Å². The molecule has 0 amide bonds. The standard InChI is InChI=1S/C13H9ClF2N2S/c1-2-6-12(18)11(5-17)19-13(6)7-3-10(16)8(14)4-9(7)15/h3-4H,2,18H2,1H3. The van der Waals surface area contributed by atoms with E-state index in [2.05, 4.69) is 0 Å². The number of nitrogens with zero attached hydrogens (tertiary/aromatic N) is 1. The number of hydrogen-bond acceptors (Lipinski definition) is 3. The van der Waals surface area contributed by atoms with Crippen molar-refractivity contribution < 1.29 is 8.78 Å². The van der Waals surface area contributed by atoms with Gasteiger partial charge < -0.3 is 5.73 Å². The fourth-order valence-electron chi connectivity index (χ4n) is 1.83. The van der Waals surface area contributed by atoms with Gasteiger partial charge in [-0.1, -0.05) is 18.5 Å². The first-order valence-electron chi connectivity index (χ1n) is 5.45. The number of nitriles is 1. The summed E-state index contributed by atoms with van der Waals surface area (Å²) in [6, 6.07) is 3.91. The van der Waals surface area contributed by atoms with Crippen LogP contribution in [0.2, 0.25) is 5.02 Å². The molecule has 0 radical (unpaired) electrons. The van der Waals surface area contributed by atoms with Crippen molar-refractivity contribution in [2.45, 2.75) is 13.3 Å². The minimum atomic E-state index is -0.703. The molecular formula is C13H9ClF2N2S. The van der Waals surface area contributed by atoms with E-state index < -0.39 is 11.6 Å². The lowest BCUT2D eigenvalue weighted by Gasteiger charge is -2.05. The summed E-state index contributed by atoms with van der Waals surface area (Å²) in [5, 5.41) is 8.68. The first-order chi connectivity index (χ1) is 8.99. The van der Waals surface area contributed by atoms with Gasteiger partial charge in [-0.25, -0.2) is 8.78 Å². The molecule has 0 bridgehead atoms. The topological polar surface area (TPSA) is 49.8 Å². The van der Waals surface area contributed by atoms with Crippen molar-refractivity contribution in [3.63, 3.8) is 0 Å². The van der Waals surface area contributed by atoms with Crippen LogP contribution in [0.15, 0.2) is 12.1 Å². The zero-order valence-electron chi connectivity index (χ0n) is 9.93. The zero-order valence-corrected chi connectivity index (χ0v) is 11.5. The van der Waals surface area contributed by atoms with Crippen LogP contribution in [0, 0.1) is 23.0 Å². The first-order valence-corrected chi connectivity index (χ1v) is 6.65. The third-order valence-electron chi connectivity index (χ3n) is 2.76. The molecule has 0 fully saturated rings. The summed E-state index contributed by atoms with van der Waals surface area (Å²) in [6.07, 6.45) is 0.531. The van der Waals surface area contributed by atoms with Crippen molar-refractivity contribution in [1.29, 1.82) is 5.26 Å². The second-order valence-electron chi connectivity index (χ2n) is 3.86. The maximum Gasteiger partial charge on any atom is 0.142 e. The summed E-state index contributed by atoms with van der Waals surface area (Å²) >= 11 is 6.58. The zero-order chi connectivity index (χ0) is 14.2. The summed E-state index contributed by atoms with van der Waals surface area (Å²) in [5.41, 5.74) is 6.89. The highest BCUT2D eigenvalue weighted by molar-refractivity contribution is 7.16. The summed E-state index contributed by atoms with van der Waals surface area (Å²) in [6.45, 7) is 1.84. The molecule has 1 aromatic heterocycles. The molecular weight excluding hydrogens is 290 g/mol. The van der Waals surface area contributed by atoms with Crippen LogP contribution >= 0.6 is 22.9 Å². The van der Waals surface area contributed by atoms with Gasteiger partial charge in [0.1, 0.15) is 22.6 Å². The van der Waals surface area contributed by atoms with Crippen LogP contribution in [-0.4, -0.2) is 0 Å². The Hall–Kier alpha value is -1.64. The van der Waals surface area contributed by atoms with Crippen LogP contribution < -0.4 is 5.73 Å². The largest absolute Gasteiger partial charge is 0.397 e. The number of benzene rings is 1. The van der Waals surface area contributed by atoms with Gasteiger partial charge in [0.2, 0.25) is 0 Å². The Morgan fingerprint density at radius 3 is 2.63 bits per heavy atom. The maximum atomic E-state index is 13.9. The van der Waals surface area contributed by atoms with Crippen molar-refractivity contribution in [2.24, 2.45) is 0 Å². The highest BCUT2D eigenvalue weighted by Gasteiger charge is 2.19. The summed E-state index contributed by atoms with van der Waals surface area (Å²) < 4.78 is 27.4. The summed E-state index contributed by atoms with van der Waals surface area (Å²) in [4.78, 5) is 0.784. The molecule has 98 valence electrons. The number of rotatable bonds is 2. The average Bonchev–Trinajstić information content (AvgIpc) is 2.70. The molecule has 0 atom stereocenters. The minimum Gasteiger partial charge on any atom is -0.397 e. The molecule has 0 spiro atoms. The molecule has 0 aliphatic heterocycles. The molecule has 0 saturated carbocycles. The maximum absolute atomic E-state index is 13.9. The molecule has 1 aromatic carbocycles. The molecule has 1 heterocycles. The lowest BCUT2D eigenvalue weighted by Crippen LogP contribution is -1.93. The number of halogens is 3. The van der Waals surface area contributed by atoms with E-state index in [1.807, 2.05) is 13.0 Å². The number of thiophene rings is 1. The smallest absolute Gasteiger partial charge is 0.142 e. The second-order valence-corrected chi connectivity index (χ2v) is 5.29. The van der Waals surface area contributed by atoms with Crippen molar-refractivity contribution in [1.82, 2.24) is 0 Å². The molecule has 2 N–H and O–H groups in total. The van der Waals surface area contributed by atoms with Crippen molar-refractivity contribution in [3.8, 4) is 16.5 Å². The predicted molar refractivity (Wildman–Crippen MR) is 73.2 cm³/mol. The monoisotopic (exact) mass is 298 g/mol. The third kappa shape index (κ3) is 2.29. The van der Waals surface area contributed by atoms with Crippen molar-refractivity contribution in [3.05, 3.63) is 39.2 Å². The van der Waals surface area contributed by atoms with Gasteiger partial charge in [-0.3, -0.25) is 0 Å². The van der Waals surface area contributed by atoms with E-state index in [4.69, 9.17) is 22.6 Å². The second kappa shape index (κ2) is 5.16. The fourth-order valence-corrected chi connectivity index (χ4v) is 3.10. The Kier molecular flexibility index (Phi) is 3.74. The number of nitrogens with two attached hydrogens (primary N) is 1. The molecule has 0 aliphatic rings. The first kappa shape index (κ1) is 13.8. The highest BCUT2D eigenvalue weighted by Crippen LogP contribution is 2.40. The van der Waals surface area contributed by atoms with Crippen LogP contribution in [-0.2, 0) is 6.42 Å². The Bertz CT molecular complexity index is 689. The van der Waals surface area contributed by atoms with E-state index in [0.29, 0.717) is 27.4 Å². The third-order valence-corrected chi connectivity index (χ3v) is 4.23. The van der Waals surface area contributed by atoms with Gasteiger partial charge in [-0.15, -0.1) is 11.3 Å². The van der Waals surface area contributed by atoms with Gasteiger partial charge in [-0.05, 0) is 24.1 Å². The highest BCUT2D eigenvalue weighted by atomic mass is 35.5. The van der Waals surface area contributed by atoms with Gasteiger partial charge in [0.15, 0.2) is 0 Å². The number of anilines is 1. The van der Waals surface area contributed by atoms with Gasteiger partial charge in [0.25, 0.3) is 0 Å². The molecule has 2 aromatic rings. The Morgan fingerprint density at radius 2 is 2.05 bits per heavy atom. The molecule has 0 unspecified atom stereocenters. The SMILES string of the molecule is CCc1c(-c2cc(F)c(Cl)cc2F)sc(C#N)c1N. The lowest BCUT2D eigenvalue weighted by molar-refractivity contribution is 0.603. The summed E-state index contributed by atoms with van der Waals surface area (Å²) in [5.74, 6) is -1.34. The lowest BCUT2D eigenvalue weighted by atomic mass is 10.1. The Morgan fingerprint density at radius 1 is 1.37 bits per heavy atom. The van der Waals surface area contributed by atoms with Gasteiger partial charge >= 0.3 is 0 Å². The van der Waals surface area contributed by atoms with Gasteiger partial charge in [0.05, 0.1) is 10.7 Å². The van der Waals surface area contributed by atoms with E-state index in [1.165, 1.54) is 0 Å². The Balaban J connectivity index is 2.72. The van der Waals surface area contributed by atoms with E-state index in [9.17, 15) is 8.78 Å². The molecule has 19 heavy (non-hydrogen) atoms. The van der Waals surface area contributed by atoms with E-state index >= 15 is 0 Å². The van der Waals surface area contributed by atoms with Crippen molar-refractivity contribution >= 4 is 28.6 Å². The fraction of sp³-hybridized carbons (Fsp3) is 0.154. The molecule has 2 nitrogen and oxygen atoms in total. The number of hydrogen-bond donors (Lipinski definition) is 1. The van der Waals surface area contributed by atoms with Crippen molar-refractivity contribution in [2.75, 3.05) is 5.73 Å². The van der Waals surface area contributed by atoms with Crippen LogP contribution in [0.25, 0.3) is 10.4 Å². The molecule has 2 rings (SSSR count). The normalized spacial score (nSPS) is 10.5.